The minimum atomic E-state index is -0.951. The zero-order chi connectivity index (χ0) is 16.6. The maximum Gasteiger partial charge on any atom is 0.352 e. The predicted octanol–water partition coefficient (Wildman–Crippen LogP) is 2.33. The molecule has 23 heavy (non-hydrogen) atoms. The first-order valence-electron chi connectivity index (χ1n) is 7.38. The van der Waals surface area contributed by atoms with Crippen molar-refractivity contribution in [3.63, 3.8) is 0 Å². The van der Waals surface area contributed by atoms with Gasteiger partial charge in [-0.05, 0) is 19.4 Å². The molecule has 2 aromatic rings. The van der Waals surface area contributed by atoms with Crippen molar-refractivity contribution in [2.75, 3.05) is 11.9 Å². The third kappa shape index (κ3) is 2.91. The van der Waals surface area contributed by atoms with Crippen LogP contribution in [0.3, 0.4) is 0 Å². The molecule has 0 fully saturated rings. The summed E-state index contributed by atoms with van der Waals surface area (Å²) in [5.41, 5.74) is -0.331. The number of halogens is 2. The third-order valence-corrected chi connectivity index (χ3v) is 4.17. The van der Waals surface area contributed by atoms with E-state index in [0.717, 1.165) is 12.5 Å². The van der Waals surface area contributed by atoms with Gasteiger partial charge in [-0.3, -0.25) is 4.57 Å². The molecule has 5 nitrogen and oxygen atoms in total. The number of benzene rings is 1. The number of hydrogen-bond acceptors (Lipinski definition) is 4. The minimum Gasteiger partial charge on any atom is -0.472 e. The van der Waals surface area contributed by atoms with Crippen molar-refractivity contribution in [2.24, 2.45) is 0 Å². The molecular weight excluding hydrogens is 304 g/mol. The van der Waals surface area contributed by atoms with Crippen molar-refractivity contribution < 1.29 is 13.5 Å². The van der Waals surface area contributed by atoms with Gasteiger partial charge in [-0.15, -0.1) is 0 Å². The van der Waals surface area contributed by atoms with Gasteiger partial charge in [0.15, 0.2) is 11.6 Å². The fourth-order valence-corrected chi connectivity index (χ4v) is 2.60. The van der Waals surface area contributed by atoms with Crippen LogP contribution in [0.2, 0.25) is 0 Å². The van der Waals surface area contributed by atoms with Gasteiger partial charge in [0.2, 0.25) is 5.88 Å². The molecule has 1 unspecified atom stereocenters. The van der Waals surface area contributed by atoms with E-state index in [0.29, 0.717) is 18.4 Å². The highest BCUT2D eigenvalue weighted by Gasteiger charge is 2.22. The molecular formula is C16H17F2N3O2. The molecule has 0 spiro atoms. The zero-order valence-electron chi connectivity index (χ0n) is 12.9. The quantitative estimate of drug-likeness (QED) is 0.870. The lowest BCUT2D eigenvalue weighted by Crippen LogP contribution is -2.41. The van der Waals surface area contributed by atoms with Crippen LogP contribution in [0.4, 0.5) is 14.6 Å². The Bertz CT molecular complexity index is 791. The van der Waals surface area contributed by atoms with Crippen LogP contribution in [0.15, 0.2) is 29.1 Å². The van der Waals surface area contributed by atoms with Crippen LogP contribution >= 0.6 is 0 Å². The van der Waals surface area contributed by atoms with Gasteiger partial charge in [-0.2, -0.15) is 4.98 Å². The molecule has 0 radical (unpaired) electrons. The summed E-state index contributed by atoms with van der Waals surface area (Å²) in [6, 6.07) is 5.82. The topological polar surface area (TPSA) is 47.4 Å². The van der Waals surface area contributed by atoms with Crippen molar-refractivity contribution in [1.29, 1.82) is 0 Å². The molecule has 122 valence electrons. The summed E-state index contributed by atoms with van der Waals surface area (Å²) in [6.45, 7) is 2.47. The summed E-state index contributed by atoms with van der Waals surface area (Å²) in [6.07, 6.45) is 0.861. The molecule has 0 amide bonds. The number of fused-ring (bicyclic) bond motifs is 1. The number of rotatable bonds is 3. The van der Waals surface area contributed by atoms with Crippen molar-refractivity contribution in [2.45, 2.75) is 32.5 Å². The fourth-order valence-electron chi connectivity index (χ4n) is 2.60. The number of ether oxygens (including phenoxy) is 1. The lowest BCUT2D eigenvalue weighted by molar-refractivity contribution is 0.282. The standard InChI is InChI=1S/C16H17F2N3O2/c1-10-6-7-21-14(20(10)2)8-13(19-16(21)22)23-9-11-4-3-5-12(17)15(11)18/h3-5,8,10H,6-7,9H2,1-2H3. The van der Waals surface area contributed by atoms with E-state index in [9.17, 15) is 13.6 Å². The SMILES string of the molecule is CC1CCn2c(cc(OCc3cccc(F)c3F)nc2=O)N1C. The molecule has 0 bridgehead atoms. The summed E-state index contributed by atoms with van der Waals surface area (Å²) in [5, 5.41) is 0. The van der Waals surface area contributed by atoms with Crippen LogP contribution in [0.1, 0.15) is 18.9 Å². The predicted molar refractivity (Wildman–Crippen MR) is 81.7 cm³/mol. The van der Waals surface area contributed by atoms with Crippen LogP contribution in [-0.4, -0.2) is 22.6 Å². The second kappa shape index (κ2) is 5.98. The Morgan fingerprint density at radius 2 is 2.17 bits per heavy atom. The molecule has 7 heteroatoms. The normalized spacial score (nSPS) is 17.0. The number of aromatic nitrogens is 2. The summed E-state index contributed by atoms with van der Waals surface area (Å²) in [4.78, 5) is 17.9. The number of anilines is 1. The van der Waals surface area contributed by atoms with Gasteiger partial charge in [-0.25, -0.2) is 13.6 Å². The maximum atomic E-state index is 13.6. The molecule has 0 aliphatic carbocycles. The first-order valence-corrected chi connectivity index (χ1v) is 7.38. The van der Waals surface area contributed by atoms with E-state index < -0.39 is 17.3 Å². The van der Waals surface area contributed by atoms with Crippen LogP contribution in [0.5, 0.6) is 5.88 Å². The monoisotopic (exact) mass is 321 g/mol. The Hall–Kier alpha value is -2.44. The lowest BCUT2D eigenvalue weighted by Gasteiger charge is -2.34. The van der Waals surface area contributed by atoms with E-state index >= 15 is 0 Å². The van der Waals surface area contributed by atoms with E-state index in [1.54, 1.807) is 10.6 Å². The first-order chi connectivity index (χ1) is 11.0. The van der Waals surface area contributed by atoms with E-state index in [2.05, 4.69) is 11.9 Å². The van der Waals surface area contributed by atoms with Gasteiger partial charge in [0.05, 0.1) is 0 Å². The van der Waals surface area contributed by atoms with E-state index in [-0.39, 0.29) is 18.1 Å². The molecule has 0 saturated heterocycles. The Labute approximate surface area is 132 Å². The van der Waals surface area contributed by atoms with Crippen LogP contribution in [-0.2, 0) is 13.2 Å². The first kappa shape index (κ1) is 15.5. The molecule has 2 heterocycles. The Morgan fingerprint density at radius 1 is 1.39 bits per heavy atom. The fraction of sp³-hybridized carbons (Fsp3) is 0.375. The molecule has 1 aliphatic heterocycles. The van der Waals surface area contributed by atoms with Gasteiger partial charge in [0.1, 0.15) is 12.4 Å². The van der Waals surface area contributed by atoms with Gasteiger partial charge >= 0.3 is 5.69 Å². The minimum absolute atomic E-state index is 0.0753. The average Bonchev–Trinajstić information content (AvgIpc) is 2.53. The van der Waals surface area contributed by atoms with Crippen LogP contribution in [0, 0.1) is 11.6 Å². The highest BCUT2D eigenvalue weighted by atomic mass is 19.2. The van der Waals surface area contributed by atoms with Gasteiger partial charge in [0, 0.05) is 31.3 Å². The number of hydrogen-bond donors (Lipinski definition) is 0. The van der Waals surface area contributed by atoms with Crippen molar-refractivity contribution in [3.05, 3.63) is 51.9 Å². The van der Waals surface area contributed by atoms with Crippen LogP contribution in [0.25, 0.3) is 0 Å². The summed E-state index contributed by atoms with van der Waals surface area (Å²) >= 11 is 0. The Balaban J connectivity index is 1.86. The van der Waals surface area contributed by atoms with Crippen molar-refractivity contribution in [3.8, 4) is 5.88 Å². The average molecular weight is 321 g/mol. The van der Waals surface area contributed by atoms with Gasteiger partial charge < -0.3 is 9.64 Å². The molecule has 3 rings (SSSR count). The largest absolute Gasteiger partial charge is 0.472 e. The Morgan fingerprint density at radius 3 is 2.96 bits per heavy atom. The molecule has 0 N–H and O–H groups in total. The molecule has 1 aliphatic rings. The third-order valence-electron chi connectivity index (χ3n) is 4.17. The van der Waals surface area contributed by atoms with E-state index in [1.165, 1.54) is 12.1 Å². The lowest BCUT2D eigenvalue weighted by atomic mass is 10.1. The highest BCUT2D eigenvalue weighted by Crippen LogP contribution is 2.24. The van der Waals surface area contributed by atoms with E-state index in [4.69, 9.17) is 4.74 Å². The highest BCUT2D eigenvalue weighted by molar-refractivity contribution is 5.43. The van der Waals surface area contributed by atoms with Crippen LogP contribution < -0.4 is 15.3 Å². The summed E-state index contributed by atoms with van der Waals surface area (Å²) < 4.78 is 33.8. The van der Waals surface area contributed by atoms with Gasteiger partial charge in [0.25, 0.3) is 0 Å². The summed E-state index contributed by atoms with van der Waals surface area (Å²) in [5.74, 6) is -1.07. The second-order valence-electron chi connectivity index (χ2n) is 5.64. The molecule has 0 saturated carbocycles. The second-order valence-corrected chi connectivity index (χ2v) is 5.64. The smallest absolute Gasteiger partial charge is 0.352 e. The van der Waals surface area contributed by atoms with Crippen molar-refractivity contribution >= 4 is 5.82 Å². The van der Waals surface area contributed by atoms with Gasteiger partial charge in [-0.1, -0.05) is 12.1 Å². The molecule has 1 aromatic heterocycles. The zero-order valence-corrected chi connectivity index (χ0v) is 12.9. The molecule has 1 aromatic carbocycles. The maximum absolute atomic E-state index is 13.6. The molecule has 1 atom stereocenters. The number of nitrogens with zero attached hydrogens (tertiary/aromatic N) is 3. The van der Waals surface area contributed by atoms with E-state index in [1.807, 2.05) is 11.9 Å². The van der Waals surface area contributed by atoms with Crippen molar-refractivity contribution in [1.82, 2.24) is 9.55 Å². The summed E-state index contributed by atoms with van der Waals surface area (Å²) in [7, 11) is 1.89. The Kier molecular flexibility index (Phi) is 4.02.